The third-order valence-electron chi connectivity index (χ3n) is 2.99. The molecule has 3 nitrogen and oxygen atoms in total. The van der Waals surface area contributed by atoms with Crippen LogP contribution in [0, 0.1) is 0 Å². The molecule has 6 heteroatoms. The van der Waals surface area contributed by atoms with Crippen LogP contribution in [-0.4, -0.2) is 6.61 Å². The topological polar surface area (TPSA) is 44.5 Å². The molecule has 0 saturated carbocycles. The highest BCUT2D eigenvalue weighted by atomic mass is 35.5. The first-order valence-corrected chi connectivity index (χ1v) is 7.90. The fourth-order valence-electron chi connectivity index (χ4n) is 1.93. The van der Waals surface area contributed by atoms with Gasteiger partial charge in [-0.25, -0.2) is 0 Å². The number of ether oxygens (including phenoxy) is 2. The highest BCUT2D eigenvalue weighted by Gasteiger charge is 2.13. The van der Waals surface area contributed by atoms with Crippen LogP contribution in [0.1, 0.15) is 18.1 Å². The number of nitrogens with two attached hydrogens (primary N) is 1. The van der Waals surface area contributed by atoms with E-state index in [2.05, 4.69) is 0 Å². The lowest BCUT2D eigenvalue weighted by Gasteiger charge is -2.15. The molecular weight excluding hydrogens is 345 g/mol. The molecule has 0 bridgehead atoms. The summed E-state index contributed by atoms with van der Waals surface area (Å²) in [5.41, 5.74) is 7.34. The van der Waals surface area contributed by atoms with E-state index in [1.807, 2.05) is 19.1 Å². The van der Waals surface area contributed by atoms with E-state index in [0.717, 1.165) is 11.1 Å². The van der Waals surface area contributed by atoms with Gasteiger partial charge in [0.2, 0.25) is 0 Å². The minimum Gasteiger partial charge on any atom is -0.490 e. The first-order chi connectivity index (χ1) is 10.5. The third-order valence-corrected chi connectivity index (χ3v) is 3.86. The lowest BCUT2D eigenvalue weighted by atomic mass is 10.2. The summed E-state index contributed by atoms with van der Waals surface area (Å²) in [7, 11) is 0. The van der Waals surface area contributed by atoms with Gasteiger partial charge in [-0.3, -0.25) is 0 Å². The molecule has 0 unspecified atom stereocenters. The predicted octanol–water partition coefficient (Wildman–Crippen LogP) is 5.08. The van der Waals surface area contributed by atoms with Crippen molar-refractivity contribution in [1.82, 2.24) is 0 Å². The molecule has 22 heavy (non-hydrogen) atoms. The van der Waals surface area contributed by atoms with Crippen molar-refractivity contribution in [1.29, 1.82) is 0 Å². The Kier molecular flexibility index (Phi) is 6.21. The summed E-state index contributed by atoms with van der Waals surface area (Å²) in [6.07, 6.45) is 0. The smallest absolute Gasteiger partial charge is 0.180 e. The quantitative estimate of drug-likeness (QED) is 0.781. The highest BCUT2D eigenvalue weighted by Crippen LogP contribution is 2.37. The van der Waals surface area contributed by atoms with E-state index in [-0.39, 0.29) is 6.61 Å². The molecule has 0 aliphatic carbocycles. The van der Waals surface area contributed by atoms with Gasteiger partial charge in [-0.15, -0.1) is 0 Å². The van der Waals surface area contributed by atoms with Crippen LogP contribution >= 0.6 is 34.8 Å². The van der Waals surface area contributed by atoms with Crippen LogP contribution in [0.25, 0.3) is 0 Å². The van der Waals surface area contributed by atoms with E-state index >= 15 is 0 Å². The number of halogens is 3. The van der Waals surface area contributed by atoms with Crippen LogP contribution in [0.2, 0.25) is 15.1 Å². The van der Waals surface area contributed by atoms with Crippen molar-refractivity contribution >= 4 is 34.8 Å². The van der Waals surface area contributed by atoms with Gasteiger partial charge in [0.15, 0.2) is 11.5 Å². The first-order valence-electron chi connectivity index (χ1n) is 6.77. The normalized spacial score (nSPS) is 10.6. The molecule has 0 amide bonds. The van der Waals surface area contributed by atoms with Crippen molar-refractivity contribution in [3.63, 3.8) is 0 Å². The van der Waals surface area contributed by atoms with Crippen molar-refractivity contribution in [3.8, 4) is 11.5 Å². The summed E-state index contributed by atoms with van der Waals surface area (Å²) >= 11 is 18.3. The predicted molar refractivity (Wildman–Crippen MR) is 91.3 cm³/mol. The standard InChI is InChI=1S/C16H16Cl3NO2/c1-2-21-15-6-10(8-20)5-14(19)16(15)22-9-11-3-4-12(17)7-13(11)18/h3-7H,2,8-9,20H2,1H3. The second-order valence-electron chi connectivity index (χ2n) is 4.57. The maximum absolute atomic E-state index is 6.27. The zero-order valence-corrected chi connectivity index (χ0v) is 14.3. The largest absolute Gasteiger partial charge is 0.490 e. The minimum atomic E-state index is 0.262. The van der Waals surface area contributed by atoms with Crippen molar-refractivity contribution in [2.24, 2.45) is 5.73 Å². The number of hydrogen-bond acceptors (Lipinski definition) is 3. The molecule has 2 aromatic rings. The lowest BCUT2D eigenvalue weighted by Crippen LogP contribution is -2.03. The van der Waals surface area contributed by atoms with Gasteiger partial charge in [-0.2, -0.15) is 0 Å². The van der Waals surface area contributed by atoms with Gasteiger partial charge in [0.25, 0.3) is 0 Å². The van der Waals surface area contributed by atoms with E-state index < -0.39 is 0 Å². The molecule has 0 saturated heterocycles. The molecule has 2 aromatic carbocycles. The summed E-state index contributed by atoms with van der Waals surface area (Å²) in [4.78, 5) is 0. The average molecular weight is 361 g/mol. The maximum Gasteiger partial charge on any atom is 0.180 e. The Bertz CT molecular complexity index is 662. The molecular formula is C16H16Cl3NO2. The number of rotatable bonds is 6. The Hall–Kier alpha value is -1.13. The van der Waals surface area contributed by atoms with Gasteiger partial charge < -0.3 is 15.2 Å². The first kappa shape index (κ1) is 17.2. The molecule has 0 aliphatic heterocycles. The Labute approximate surface area is 144 Å². The maximum atomic E-state index is 6.27. The monoisotopic (exact) mass is 359 g/mol. The van der Waals surface area contributed by atoms with Crippen molar-refractivity contribution in [3.05, 3.63) is 56.5 Å². The molecule has 0 radical (unpaired) electrons. The Balaban J connectivity index is 2.24. The zero-order chi connectivity index (χ0) is 16.1. The Morgan fingerprint density at radius 1 is 1.00 bits per heavy atom. The molecule has 118 valence electrons. The van der Waals surface area contributed by atoms with Crippen LogP contribution in [0.4, 0.5) is 0 Å². The van der Waals surface area contributed by atoms with Crippen LogP contribution in [0.3, 0.4) is 0 Å². The number of benzene rings is 2. The molecule has 0 fully saturated rings. The molecule has 0 spiro atoms. The van der Waals surface area contributed by atoms with Crippen LogP contribution in [0.5, 0.6) is 11.5 Å². The highest BCUT2D eigenvalue weighted by molar-refractivity contribution is 6.35. The summed E-state index contributed by atoms with van der Waals surface area (Å²) in [6.45, 7) is 3.03. The SMILES string of the molecule is CCOc1cc(CN)cc(Cl)c1OCc1ccc(Cl)cc1Cl. The third kappa shape index (κ3) is 4.20. The van der Waals surface area contributed by atoms with Crippen LogP contribution in [0.15, 0.2) is 30.3 Å². The van der Waals surface area contributed by atoms with Gasteiger partial charge >= 0.3 is 0 Å². The molecule has 0 heterocycles. The van der Waals surface area contributed by atoms with Crippen LogP contribution in [-0.2, 0) is 13.2 Å². The van der Waals surface area contributed by atoms with Crippen LogP contribution < -0.4 is 15.2 Å². The fraction of sp³-hybridized carbons (Fsp3) is 0.250. The summed E-state index contributed by atoms with van der Waals surface area (Å²) in [5, 5.41) is 1.57. The van der Waals surface area contributed by atoms with E-state index in [4.69, 9.17) is 50.0 Å². The number of hydrogen-bond donors (Lipinski definition) is 1. The molecule has 0 aliphatic rings. The Morgan fingerprint density at radius 3 is 2.41 bits per heavy atom. The minimum absolute atomic E-state index is 0.262. The van der Waals surface area contributed by atoms with Gasteiger partial charge in [0, 0.05) is 22.2 Å². The van der Waals surface area contributed by atoms with Crippen molar-refractivity contribution in [2.75, 3.05) is 6.61 Å². The average Bonchev–Trinajstić information content (AvgIpc) is 2.48. The van der Waals surface area contributed by atoms with E-state index in [1.54, 1.807) is 18.2 Å². The second kappa shape index (κ2) is 7.93. The molecule has 0 aromatic heterocycles. The lowest BCUT2D eigenvalue weighted by molar-refractivity contribution is 0.269. The van der Waals surface area contributed by atoms with Gasteiger partial charge in [0.05, 0.1) is 11.6 Å². The van der Waals surface area contributed by atoms with E-state index in [9.17, 15) is 0 Å². The summed E-state index contributed by atoms with van der Waals surface area (Å²) < 4.78 is 11.4. The summed E-state index contributed by atoms with van der Waals surface area (Å²) in [5.74, 6) is 1.05. The van der Waals surface area contributed by atoms with Crippen molar-refractivity contribution in [2.45, 2.75) is 20.1 Å². The summed E-state index contributed by atoms with van der Waals surface area (Å²) in [6, 6.07) is 8.84. The van der Waals surface area contributed by atoms with E-state index in [1.165, 1.54) is 0 Å². The van der Waals surface area contributed by atoms with Gasteiger partial charge in [-0.05, 0) is 36.8 Å². The Morgan fingerprint density at radius 2 is 1.77 bits per heavy atom. The van der Waals surface area contributed by atoms with Gasteiger partial charge in [0.1, 0.15) is 6.61 Å². The molecule has 2 rings (SSSR count). The molecule has 2 N–H and O–H groups in total. The molecule has 0 atom stereocenters. The van der Waals surface area contributed by atoms with Crippen molar-refractivity contribution < 1.29 is 9.47 Å². The zero-order valence-electron chi connectivity index (χ0n) is 12.0. The van der Waals surface area contributed by atoms with E-state index in [0.29, 0.717) is 39.7 Å². The fourth-order valence-corrected chi connectivity index (χ4v) is 2.68. The second-order valence-corrected chi connectivity index (χ2v) is 5.82. The van der Waals surface area contributed by atoms with Gasteiger partial charge in [-0.1, -0.05) is 40.9 Å².